The molecule has 0 saturated carbocycles. The van der Waals surface area contributed by atoms with E-state index in [1.807, 2.05) is 11.0 Å². The molecule has 1 saturated heterocycles. The molecule has 2 amide bonds. The van der Waals surface area contributed by atoms with Gasteiger partial charge in [0.1, 0.15) is 5.84 Å². The van der Waals surface area contributed by atoms with Crippen LogP contribution in [0.1, 0.15) is 29.6 Å². The van der Waals surface area contributed by atoms with Crippen LogP contribution in [-0.2, 0) is 4.79 Å². The number of hydrogen-bond acceptors (Lipinski definition) is 5. The van der Waals surface area contributed by atoms with E-state index in [9.17, 15) is 9.59 Å². The van der Waals surface area contributed by atoms with E-state index in [2.05, 4.69) is 16.6 Å². The van der Waals surface area contributed by atoms with E-state index in [1.165, 1.54) is 0 Å². The Kier molecular flexibility index (Phi) is 5.65. The summed E-state index contributed by atoms with van der Waals surface area (Å²) >= 11 is 1.75. The number of benzene rings is 1. The fraction of sp³-hybridized carbons (Fsp3) is 0.444. The van der Waals surface area contributed by atoms with Crippen molar-refractivity contribution in [1.82, 2.24) is 4.90 Å². The third-order valence-electron chi connectivity index (χ3n) is 4.42. The van der Waals surface area contributed by atoms with E-state index >= 15 is 0 Å². The fourth-order valence-corrected chi connectivity index (χ4v) is 4.10. The number of para-hydroxylation sites is 1. The number of nitrogens with zero attached hydrogens (tertiary/aromatic N) is 3. The number of hydrogen-bond donors (Lipinski definition) is 1. The summed E-state index contributed by atoms with van der Waals surface area (Å²) < 4.78 is 0. The highest BCUT2D eigenvalue weighted by Crippen LogP contribution is 2.24. The van der Waals surface area contributed by atoms with Crippen LogP contribution in [0.3, 0.4) is 0 Å². The van der Waals surface area contributed by atoms with Crippen LogP contribution < -0.4 is 16.3 Å². The van der Waals surface area contributed by atoms with E-state index in [-0.39, 0.29) is 11.8 Å². The molecular formula is C18H22N4O2S. The predicted octanol–water partition coefficient (Wildman–Crippen LogP) is 0.342. The van der Waals surface area contributed by atoms with Gasteiger partial charge in [0.2, 0.25) is 5.91 Å². The Balaban J connectivity index is 1.57. The van der Waals surface area contributed by atoms with Crippen molar-refractivity contribution in [1.29, 1.82) is 0 Å². The molecule has 0 unspecified atom stereocenters. The van der Waals surface area contributed by atoms with E-state index in [1.54, 1.807) is 23.9 Å². The first-order chi connectivity index (χ1) is 12.1. The summed E-state index contributed by atoms with van der Waals surface area (Å²) in [6, 6.07) is 5.38. The molecule has 0 aliphatic carbocycles. The molecule has 6 nitrogen and oxygen atoms in total. The molecule has 0 radical (unpaired) electrons. The van der Waals surface area contributed by atoms with Crippen LogP contribution >= 0.6 is 11.8 Å². The van der Waals surface area contributed by atoms with Crippen molar-refractivity contribution in [2.45, 2.75) is 24.5 Å². The highest BCUT2D eigenvalue weighted by Gasteiger charge is 2.23. The zero-order chi connectivity index (χ0) is 17.8. The lowest BCUT2D eigenvalue weighted by atomic mass is 10.1. The van der Waals surface area contributed by atoms with Crippen molar-refractivity contribution in [2.75, 3.05) is 25.4 Å². The van der Waals surface area contributed by atoms with Gasteiger partial charge in [-0.25, -0.2) is 4.99 Å². The quantitative estimate of drug-likeness (QED) is 0.822. The van der Waals surface area contributed by atoms with Gasteiger partial charge in [-0.3, -0.25) is 9.59 Å². The minimum atomic E-state index is -0.242. The minimum Gasteiger partial charge on any atom is -0.343 e. The Morgan fingerprint density at radius 1 is 1.32 bits per heavy atom. The maximum Gasteiger partial charge on any atom is 0.280 e. The van der Waals surface area contributed by atoms with E-state index in [4.69, 9.17) is 5.73 Å². The molecule has 0 atom stereocenters. The lowest BCUT2D eigenvalue weighted by Crippen LogP contribution is -2.40. The molecule has 0 bridgehead atoms. The van der Waals surface area contributed by atoms with E-state index in [0.29, 0.717) is 40.7 Å². The largest absolute Gasteiger partial charge is 0.343 e. The zero-order valence-electron chi connectivity index (χ0n) is 14.1. The van der Waals surface area contributed by atoms with Crippen LogP contribution in [0.25, 0.3) is 6.58 Å². The van der Waals surface area contributed by atoms with Gasteiger partial charge < -0.3 is 10.6 Å². The Bertz CT molecular complexity index is 813. The molecule has 0 spiro atoms. The molecule has 1 aromatic rings. The van der Waals surface area contributed by atoms with E-state index in [0.717, 1.165) is 31.1 Å². The van der Waals surface area contributed by atoms with Crippen LogP contribution in [0.2, 0.25) is 0 Å². The number of piperidine rings is 1. The van der Waals surface area contributed by atoms with Crippen molar-refractivity contribution < 1.29 is 9.59 Å². The molecule has 132 valence electrons. The first kappa shape index (κ1) is 17.8. The Morgan fingerprint density at radius 3 is 2.80 bits per heavy atom. The lowest BCUT2D eigenvalue weighted by Gasteiger charge is -2.31. The number of amidine groups is 1. The monoisotopic (exact) mass is 358 g/mol. The summed E-state index contributed by atoms with van der Waals surface area (Å²) in [5, 5.41) is 1.83. The number of likely N-dealkylation sites (tertiary alicyclic amines) is 1. The van der Waals surface area contributed by atoms with E-state index < -0.39 is 0 Å². The number of amides is 2. The Hall–Kier alpha value is -1.99. The number of carbonyl (C=O) groups is 2. The van der Waals surface area contributed by atoms with Gasteiger partial charge in [0.05, 0.1) is 16.7 Å². The summed E-state index contributed by atoms with van der Waals surface area (Å²) in [6.07, 6.45) is 2.31. The highest BCUT2D eigenvalue weighted by molar-refractivity contribution is 8.00. The lowest BCUT2D eigenvalue weighted by molar-refractivity contribution is -0.131. The van der Waals surface area contributed by atoms with Crippen molar-refractivity contribution in [3.63, 3.8) is 0 Å². The molecule has 2 heterocycles. The normalized spacial score (nSPS) is 17.7. The van der Waals surface area contributed by atoms with Gasteiger partial charge in [-0.15, -0.1) is 0 Å². The van der Waals surface area contributed by atoms with Gasteiger partial charge in [-0.2, -0.15) is 16.8 Å². The number of fused-ring (bicyclic) bond motifs is 1. The minimum absolute atomic E-state index is 0.141. The summed E-state index contributed by atoms with van der Waals surface area (Å²) in [7, 11) is 0. The number of thioether (sulfide) groups is 1. The molecule has 3 rings (SSSR count). The van der Waals surface area contributed by atoms with Crippen molar-refractivity contribution >= 4 is 36.0 Å². The van der Waals surface area contributed by atoms with Gasteiger partial charge in [0, 0.05) is 31.3 Å². The van der Waals surface area contributed by atoms with Crippen molar-refractivity contribution in [2.24, 2.45) is 15.7 Å². The molecule has 2 N–H and O–H groups in total. The number of rotatable bonds is 5. The topological polar surface area (TPSA) is 88.1 Å². The van der Waals surface area contributed by atoms with Crippen LogP contribution in [0.4, 0.5) is 0 Å². The standard InChI is InChI=1S/C18H22N4O2S/c1-12-3-2-4-14-17(12)20-15(21-18(14)24)11-25-13-6-9-22(10-7-13)16(23)5-8-19/h2-4,13H,1,5-11,19H2. The SMILES string of the molecule is C=c1cccc2c1=NC(CSC1CCN(C(=O)CCN)CC1)=NC2=O. The fourth-order valence-electron chi connectivity index (χ4n) is 3.04. The maximum absolute atomic E-state index is 12.1. The Labute approximate surface area is 150 Å². The van der Waals surface area contributed by atoms with Crippen LogP contribution in [0.5, 0.6) is 0 Å². The van der Waals surface area contributed by atoms with Crippen LogP contribution in [0.15, 0.2) is 28.2 Å². The van der Waals surface area contributed by atoms with Crippen LogP contribution in [-0.4, -0.2) is 53.2 Å². The number of nitrogens with two attached hydrogens (primary N) is 1. The van der Waals surface area contributed by atoms with Gasteiger partial charge in [0.15, 0.2) is 0 Å². The highest BCUT2D eigenvalue weighted by atomic mass is 32.2. The van der Waals surface area contributed by atoms with Crippen LogP contribution in [0, 0.1) is 0 Å². The third-order valence-corrected chi connectivity index (χ3v) is 5.79. The predicted molar refractivity (Wildman–Crippen MR) is 100 cm³/mol. The molecule has 2 aliphatic heterocycles. The first-order valence-electron chi connectivity index (χ1n) is 8.46. The van der Waals surface area contributed by atoms with Crippen molar-refractivity contribution in [3.05, 3.63) is 34.3 Å². The third kappa shape index (κ3) is 4.16. The molecular weight excluding hydrogens is 336 g/mol. The average molecular weight is 358 g/mol. The van der Waals surface area contributed by atoms with Gasteiger partial charge >= 0.3 is 0 Å². The smallest absolute Gasteiger partial charge is 0.280 e. The summed E-state index contributed by atoms with van der Waals surface area (Å²) in [6.45, 7) is 5.88. The van der Waals surface area contributed by atoms with Gasteiger partial charge in [-0.1, -0.05) is 18.7 Å². The van der Waals surface area contributed by atoms with Gasteiger partial charge in [0.25, 0.3) is 5.91 Å². The summed E-state index contributed by atoms with van der Waals surface area (Å²) in [5.41, 5.74) is 5.96. The molecule has 25 heavy (non-hydrogen) atoms. The second-order valence-corrected chi connectivity index (χ2v) is 7.48. The zero-order valence-corrected chi connectivity index (χ0v) is 14.9. The molecule has 1 aromatic carbocycles. The second-order valence-electron chi connectivity index (χ2n) is 6.19. The molecule has 1 fully saturated rings. The van der Waals surface area contributed by atoms with Crippen molar-refractivity contribution in [3.8, 4) is 0 Å². The second kappa shape index (κ2) is 7.93. The first-order valence-corrected chi connectivity index (χ1v) is 9.51. The molecule has 7 heteroatoms. The Morgan fingerprint density at radius 2 is 2.08 bits per heavy atom. The average Bonchev–Trinajstić information content (AvgIpc) is 2.61. The maximum atomic E-state index is 12.1. The summed E-state index contributed by atoms with van der Waals surface area (Å²) in [4.78, 5) is 34.5. The summed E-state index contributed by atoms with van der Waals surface area (Å²) in [5.74, 6) is 1.05. The molecule has 0 aromatic heterocycles. The van der Waals surface area contributed by atoms with Gasteiger partial charge in [-0.05, 0) is 24.1 Å². The molecule has 2 aliphatic rings. The number of aliphatic imine (C=N–C) groups is 1. The number of carbonyl (C=O) groups excluding carboxylic acids is 2.